The van der Waals surface area contributed by atoms with Crippen molar-refractivity contribution in [2.45, 2.75) is 76.7 Å². The molecule has 4 nitrogen and oxygen atoms in total. The van der Waals surface area contributed by atoms with Crippen LogP contribution in [0, 0.1) is 11.7 Å². The second-order valence-corrected chi connectivity index (χ2v) is 8.85. The van der Waals surface area contributed by atoms with E-state index in [2.05, 4.69) is 0 Å². The fourth-order valence-electron chi connectivity index (χ4n) is 4.32. The molecule has 0 spiro atoms. The van der Waals surface area contributed by atoms with Crippen LogP contribution >= 0.6 is 0 Å². The van der Waals surface area contributed by atoms with Crippen LogP contribution in [0.2, 0.25) is 0 Å². The van der Waals surface area contributed by atoms with Gasteiger partial charge in [0, 0.05) is 18.0 Å². The van der Waals surface area contributed by atoms with Gasteiger partial charge in [-0.25, -0.2) is 9.18 Å². The van der Waals surface area contributed by atoms with Gasteiger partial charge in [0.2, 0.25) is 0 Å². The highest BCUT2D eigenvalue weighted by Gasteiger charge is 2.45. The molecule has 0 radical (unpaired) electrons. The molecule has 0 aromatic heterocycles. The maximum absolute atomic E-state index is 14.3. The monoisotopic (exact) mass is 415 g/mol. The van der Waals surface area contributed by atoms with Gasteiger partial charge in [-0.15, -0.1) is 0 Å². The molecule has 2 bridgehead atoms. The number of piperidine rings is 2. The topological polar surface area (TPSA) is 46.6 Å². The molecule has 2 unspecified atom stereocenters. The molecule has 2 aliphatic heterocycles. The summed E-state index contributed by atoms with van der Waals surface area (Å²) in [7, 11) is 0. The van der Waals surface area contributed by atoms with Crippen LogP contribution in [0.25, 0.3) is 0 Å². The number of hydrogen-bond donors (Lipinski definition) is 0. The van der Waals surface area contributed by atoms with Gasteiger partial charge in [-0.3, -0.25) is 4.79 Å². The molecule has 2 heterocycles. The van der Waals surface area contributed by atoms with E-state index in [0.717, 1.165) is 31.4 Å². The predicted octanol–water partition coefficient (Wildman–Crippen LogP) is 5.60. The van der Waals surface area contributed by atoms with Gasteiger partial charge in [0.25, 0.3) is 0 Å². The van der Waals surface area contributed by atoms with Gasteiger partial charge < -0.3 is 9.64 Å². The lowest BCUT2D eigenvalue weighted by molar-refractivity contribution is -0.137. The fourth-order valence-corrected chi connectivity index (χ4v) is 4.32. The molecule has 0 aliphatic carbocycles. The summed E-state index contributed by atoms with van der Waals surface area (Å²) < 4.78 is 58.0. The number of nitrogens with zero attached hydrogens (tertiary/aromatic N) is 1. The van der Waals surface area contributed by atoms with Crippen molar-refractivity contribution in [2.24, 2.45) is 5.92 Å². The number of benzene rings is 1. The second kappa shape index (κ2) is 7.61. The van der Waals surface area contributed by atoms with Crippen molar-refractivity contribution >= 4 is 11.9 Å². The largest absolute Gasteiger partial charge is 0.444 e. The molecule has 160 valence electrons. The van der Waals surface area contributed by atoms with Crippen LogP contribution in [0.1, 0.15) is 68.8 Å². The van der Waals surface area contributed by atoms with Gasteiger partial charge in [0.05, 0.1) is 11.1 Å². The van der Waals surface area contributed by atoms with E-state index in [1.54, 1.807) is 25.7 Å². The first-order valence-electron chi connectivity index (χ1n) is 9.79. The minimum Gasteiger partial charge on any atom is -0.444 e. The van der Waals surface area contributed by atoms with Gasteiger partial charge in [-0.2, -0.15) is 13.2 Å². The lowest BCUT2D eigenvalue weighted by Gasteiger charge is -2.48. The SMILES string of the molecule is CC(C)(C)OC(=O)N1C2CCCC1CC(C(=O)c1ccc(C(F)(F)F)cc1F)C2. The third-order valence-electron chi connectivity index (χ3n) is 5.51. The highest BCUT2D eigenvalue weighted by molar-refractivity contribution is 5.98. The Balaban J connectivity index is 1.77. The van der Waals surface area contributed by atoms with Crippen molar-refractivity contribution in [3.05, 3.63) is 35.1 Å². The fraction of sp³-hybridized carbons (Fsp3) is 0.619. The zero-order valence-corrected chi connectivity index (χ0v) is 16.7. The summed E-state index contributed by atoms with van der Waals surface area (Å²) in [5.41, 5.74) is -2.09. The number of rotatable bonds is 2. The molecular formula is C21H25F4NO3. The average molecular weight is 415 g/mol. The molecule has 2 saturated heterocycles. The van der Waals surface area contributed by atoms with E-state index in [1.165, 1.54) is 0 Å². The Bertz CT molecular complexity index is 786. The first-order chi connectivity index (χ1) is 13.4. The van der Waals surface area contributed by atoms with E-state index in [-0.39, 0.29) is 17.6 Å². The molecule has 1 aromatic carbocycles. The number of Topliss-reactive ketones (excluding diaryl/α,β-unsaturated/α-hetero) is 1. The van der Waals surface area contributed by atoms with Gasteiger partial charge >= 0.3 is 12.3 Å². The van der Waals surface area contributed by atoms with E-state index in [0.29, 0.717) is 18.9 Å². The third-order valence-corrected chi connectivity index (χ3v) is 5.51. The minimum absolute atomic E-state index is 0.191. The first-order valence-corrected chi connectivity index (χ1v) is 9.79. The van der Waals surface area contributed by atoms with Gasteiger partial charge in [-0.05, 0) is 71.1 Å². The Morgan fingerprint density at radius 1 is 1.07 bits per heavy atom. The zero-order valence-electron chi connectivity index (χ0n) is 16.7. The van der Waals surface area contributed by atoms with Crippen molar-refractivity contribution in [3.63, 3.8) is 0 Å². The van der Waals surface area contributed by atoms with Crippen molar-refractivity contribution < 1.29 is 31.9 Å². The summed E-state index contributed by atoms with van der Waals surface area (Å²) in [5, 5.41) is 0. The highest BCUT2D eigenvalue weighted by Crippen LogP contribution is 2.40. The van der Waals surface area contributed by atoms with Crippen LogP contribution in [0.5, 0.6) is 0 Å². The number of hydrogen-bond acceptors (Lipinski definition) is 3. The Morgan fingerprint density at radius 3 is 2.14 bits per heavy atom. The number of carbonyl (C=O) groups excluding carboxylic acids is 2. The number of alkyl halides is 3. The molecular weight excluding hydrogens is 390 g/mol. The lowest BCUT2D eigenvalue weighted by Crippen LogP contribution is -2.56. The summed E-state index contributed by atoms with van der Waals surface area (Å²) in [6.07, 6.45) is -2.02. The first kappa shape index (κ1) is 21.6. The summed E-state index contributed by atoms with van der Waals surface area (Å²) >= 11 is 0. The number of halogens is 4. The maximum atomic E-state index is 14.3. The van der Waals surface area contributed by atoms with E-state index in [4.69, 9.17) is 4.74 Å². The minimum atomic E-state index is -4.67. The lowest BCUT2D eigenvalue weighted by atomic mass is 9.75. The number of carbonyl (C=O) groups is 2. The Labute approximate surface area is 167 Å². The standard InChI is InChI=1S/C21H25F4NO3/c1-20(2,3)29-19(28)26-14-5-4-6-15(26)10-12(9-14)18(27)16-8-7-13(11-17(16)22)21(23,24)25/h7-8,11-12,14-15H,4-6,9-10H2,1-3H3. The van der Waals surface area contributed by atoms with Crippen molar-refractivity contribution in [3.8, 4) is 0 Å². The van der Waals surface area contributed by atoms with Crippen molar-refractivity contribution in [1.82, 2.24) is 4.90 Å². The van der Waals surface area contributed by atoms with Gasteiger partial charge in [0.1, 0.15) is 11.4 Å². The molecule has 1 aromatic rings. The van der Waals surface area contributed by atoms with E-state index < -0.39 is 41.0 Å². The van der Waals surface area contributed by atoms with Crippen molar-refractivity contribution in [2.75, 3.05) is 0 Å². The predicted molar refractivity (Wildman–Crippen MR) is 98.0 cm³/mol. The van der Waals surface area contributed by atoms with Crippen LogP contribution in [-0.2, 0) is 10.9 Å². The third kappa shape index (κ3) is 4.73. The van der Waals surface area contributed by atoms with Crippen LogP contribution in [0.15, 0.2) is 18.2 Å². The van der Waals surface area contributed by atoms with E-state index in [1.807, 2.05) is 0 Å². The molecule has 3 rings (SSSR count). The summed E-state index contributed by atoms with van der Waals surface area (Å²) in [5.74, 6) is -2.20. The summed E-state index contributed by atoms with van der Waals surface area (Å²) in [6, 6.07) is 1.63. The van der Waals surface area contributed by atoms with Crippen LogP contribution < -0.4 is 0 Å². The van der Waals surface area contributed by atoms with Gasteiger partial charge in [0.15, 0.2) is 5.78 Å². The summed E-state index contributed by atoms with van der Waals surface area (Å²) in [6.45, 7) is 5.35. The van der Waals surface area contributed by atoms with E-state index >= 15 is 0 Å². The van der Waals surface area contributed by atoms with Crippen LogP contribution in [0.4, 0.5) is 22.4 Å². The second-order valence-electron chi connectivity index (χ2n) is 8.85. The number of fused-ring (bicyclic) bond motifs is 2. The molecule has 1 amide bonds. The molecule has 2 atom stereocenters. The highest BCUT2D eigenvalue weighted by atomic mass is 19.4. The van der Waals surface area contributed by atoms with Crippen molar-refractivity contribution in [1.29, 1.82) is 0 Å². The molecule has 2 aliphatic rings. The molecule has 29 heavy (non-hydrogen) atoms. The van der Waals surface area contributed by atoms with Gasteiger partial charge in [-0.1, -0.05) is 0 Å². The molecule has 2 fully saturated rings. The number of ether oxygens (including phenoxy) is 1. The molecule has 0 saturated carbocycles. The smallest absolute Gasteiger partial charge is 0.416 e. The quantitative estimate of drug-likeness (QED) is 0.467. The number of amides is 1. The van der Waals surface area contributed by atoms with Crippen LogP contribution in [0.3, 0.4) is 0 Å². The number of ketones is 1. The zero-order chi connectivity index (χ0) is 21.6. The summed E-state index contributed by atoms with van der Waals surface area (Å²) in [4.78, 5) is 27.2. The van der Waals surface area contributed by atoms with Crippen LogP contribution in [-0.4, -0.2) is 34.5 Å². The molecule has 8 heteroatoms. The maximum Gasteiger partial charge on any atom is 0.416 e. The Kier molecular flexibility index (Phi) is 5.66. The average Bonchev–Trinajstić information content (AvgIpc) is 2.57. The Hall–Kier alpha value is -2.12. The normalized spacial score (nSPS) is 24.9. The molecule has 0 N–H and O–H groups in total. The van der Waals surface area contributed by atoms with E-state index in [9.17, 15) is 27.2 Å². The Morgan fingerprint density at radius 2 is 1.66 bits per heavy atom.